The Bertz CT molecular complexity index is 1180. The van der Waals surface area contributed by atoms with Crippen molar-refractivity contribution >= 4 is 5.91 Å². The molecule has 0 spiro atoms. The maximum absolute atomic E-state index is 14.2. The third kappa shape index (κ3) is 3.04. The molecular formula is C19H18FN5O3. The lowest BCUT2D eigenvalue weighted by Gasteiger charge is -2.27. The number of amides is 1. The van der Waals surface area contributed by atoms with Gasteiger partial charge in [0.15, 0.2) is 0 Å². The first kappa shape index (κ1) is 17.9. The molecule has 0 saturated heterocycles. The summed E-state index contributed by atoms with van der Waals surface area (Å²) in [7, 11) is 1.36. The second-order valence-corrected chi connectivity index (χ2v) is 6.73. The number of aromatic amines is 2. The SMILES string of the molecule is Cn1c(=O)[nH]cc(CC(=O)N2CCc3[nH]nc(-c4ccccc4F)c3C2)c1=O. The monoisotopic (exact) mass is 383 g/mol. The number of benzene rings is 1. The van der Waals surface area contributed by atoms with Crippen molar-refractivity contribution in [1.29, 1.82) is 0 Å². The summed E-state index contributed by atoms with van der Waals surface area (Å²) >= 11 is 0. The van der Waals surface area contributed by atoms with Crippen LogP contribution in [-0.2, 0) is 31.2 Å². The highest BCUT2D eigenvalue weighted by atomic mass is 19.1. The van der Waals surface area contributed by atoms with Gasteiger partial charge in [-0.05, 0) is 12.1 Å². The van der Waals surface area contributed by atoms with Crippen molar-refractivity contribution in [2.75, 3.05) is 6.54 Å². The molecule has 4 rings (SSSR count). The van der Waals surface area contributed by atoms with Gasteiger partial charge in [0.2, 0.25) is 5.91 Å². The minimum absolute atomic E-state index is 0.119. The number of carbonyl (C=O) groups is 1. The van der Waals surface area contributed by atoms with Gasteiger partial charge < -0.3 is 9.88 Å². The van der Waals surface area contributed by atoms with Crippen LogP contribution in [0.1, 0.15) is 16.8 Å². The summed E-state index contributed by atoms with van der Waals surface area (Å²) in [5.74, 6) is -0.618. The summed E-state index contributed by atoms with van der Waals surface area (Å²) in [4.78, 5) is 40.4. The predicted octanol–water partition coefficient (Wildman–Crippen LogP) is 0.730. The summed E-state index contributed by atoms with van der Waals surface area (Å²) in [6.07, 6.45) is 1.72. The van der Waals surface area contributed by atoms with Crippen molar-refractivity contribution < 1.29 is 9.18 Å². The van der Waals surface area contributed by atoms with Crippen molar-refractivity contribution in [3.05, 3.63) is 73.9 Å². The highest BCUT2D eigenvalue weighted by Crippen LogP contribution is 2.30. The molecule has 1 aliphatic heterocycles. The van der Waals surface area contributed by atoms with E-state index in [2.05, 4.69) is 15.2 Å². The zero-order valence-electron chi connectivity index (χ0n) is 15.2. The number of hydrogen-bond acceptors (Lipinski definition) is 4. The molecule has 2 N–H and O–H groups in total. The van der Waals surface area contributed by atoms with Gasteiger partial charge in [-0.1, -0.05) is 12.1 Å². The summed E-state index contributed by atoms with van der Waals surface area (Å²) < 4.78 is 15.1. The van der Waals surface area contributed by atoms with Crippen molar-refractivity contribution in [3.63, 3.8) is 0 Å². The van der Waals surface area contributed by atoms with Gasteiger partial charge in [-0.3, -0.25) is 19.3 Å². The first-order chi connectivity index (χ1) is 13.5. The van der Waals surface area contributed by atoms with E-state index < -0.39 is 11.2 Å². The van der Waals surface area contributed by atoms with Crippen LogP contribution in [0.5, 0.6) is 0 Å². The third-order valence-electron chi connectivity index (χ3n) is 5.01. The predicted molar refractivity (Wildman–Crippen MR) is 99.1 cm³/mol. The van der Waals surface area contributed by atoms with E-state index in [1.54, 1.807) is 23.1 Å². The summed E-state index contributed by atoms with van der Waals surface area (Å²) in [6.45, 7) is 0.742. The fourth-order valence-corrected chi connectivity index (χ4v) is 3.40. The topological polar surface area (TPSA) is 104 Å². The van der Waals surface area contributed by atoms with Gasteiger partial charge in [-0.25, -0.2) is 9.18 Å². The lowest BCUT2D eigenvalue weighted by Crippen LogP contribution is -2.40. The van der Waals surface area contributed by atoms with Gasteiger partial charge >= 0.3 is 5.69 Å². The Labute approximate surface area is 158 Å². The summed E-state index contributed by atoms with van der Waals surface area (Å²) in [5, 5.41) is 7.18. The highest BCUT2D eigenvalue weighted by Gasteiger charge is 2.27. The second kappa shape index (κ2) is 6.91. The molecule has 0 aliphatic carbocycles. The van der Waals surface area contributed by atoms with Crippen molar-refractivity contribution in [1.82, 2.24) is 24.6 Å². The van der Waals surface area contributed by atoms with Crippen LogP contribution in [0.4, 0.5) is 4.39 Å². The van der Waals surface area contributed by atoms with E-state index in [4.69, 9.17) is 0 Å². The molecule has 1 amide bonds. The molecule has 1 aromatic carbocycles. The average molecular weight is 383 g/mol. The molecule has 0 bridgehead atoms. The number of fused-ring (bicyclic) bond motifs is 1. The van der Waals surface area contributed by atoms with Crippen LogP contribution in [0.2, 0.25) is 0 Å². The molecule has 8 nitrogen and oxygen atoms in total. The lowest BCUT2D eigenvalue weighted by atomic mass is 10.00. The van der Waals surface area contributed by atoms with Crippen molar-refractivity contribution in [2.45, 2.75) is 19.4 Å². The largest absolute Gasteiger partial charge is 0.338 e. The summed E-state index contributed by atoms with van der Waals surface area (Å²) in [6, 6.07) is 6.36. The second-order valence-electron chi connectivity index (χ2n) is 6.73. The Balaban J connectivity index is 1.59. The molecule has 3 heterocycles. The number of rotatable bonds is 3. The van der Waals surface area contributed by atoms with Crippen LogP contribution < -0.4 is 11.2 Å². The summed E-state index contributed by atoms with van der Waals surface area (Å²) in [5.41, 5.74) is 1.72. The van der Waals surface area contributed by atoms with Gasteiger partial charge in [-0.15, -0.1) is 0 Å². The standard InChI is InChI=1S/C19H18FN5O3/c1-24-18(27)11(9-21-19(24)28)8-16(26)25-7-6-15-13(10-25)17(23-22-15)12-4-2-3-5-14(12)20/h2-5,9H,6-8,10H2,1H3,(H,21,28)(H,22,23). The Morgan fingerprint density at radius 1 is 1.29 bits per heavy atom. The molecule has 0 atom stereocenters. The van der Waals surface area contributed by atoms with E-state index in [9.17, 15) is 18.8 Å². The molecule has 0 fully saturated rings. The minimum Gasteiger partial charge on any atom is -0.338 e. The molecular weight excluding hydrogens is 365 g/mol. The lowest BCUT2D eigenvalue weighted by molar-refractivity contribution is -0.131. The van der Waals surface area contributed by atoms with Gasteiger partial charge in [0.25, 0.3) is 5.56 Å². The maximum atomic E-state index is 14.2. The first-order valence-electron chi connectivity index (χ1n) is 8.82. The molecule has 28 heavy (non-hydrogen) atoms. The average Bonchev–Trinajstić information content (AvgIpc) is 3.12. The normalized spacial score (nSPS) is 13.4. The molecule has 2 aromatic heterocycles. The van der Waals surface area contributed by atoms with Gasteiger partial charge in [0.05, 0.1) is 6.42 Å². The van der Waals surface area contributed by atoms with E-state index in [0.29, 0.717) is 24.2 Å². The molecule has 1 aliphatic rings. The van der Waals surface area contributed by atoms with Crippen LogP contribution >= 0.6 is 0 Å². The minimum atomic E-state index is -0.531. The highest BCUT2D eigenvalue weighted by molar-refractivity contribution is 5.79. The fourth-order valence-electron chi connectivity index (χ4n) is 3.40. The van der Waals surface area contributed by atoms with Crippen molar-refractivity contribution in [3.8, 4) is 11.3 Å². The molecule has 0 unspecified atom stereocenters. The third-order valence-corrected chi connectivity index (χ3v) is 5.01. The van der Waals surface area contributed by atoms with E-state index in [-0.39, 0.29) is 30.3 Å². The Morgan fingerprint density at radius 2 is 2.07 bits per heavy atom. The van der Waals surface area contributed by atoms with E-state index in [1.807, 2.05) is 0 Å². The molecule has 9 heteroatoms. The fraction of sp³-hybridized carbons (Fsp3) is 0.263. The smallest absolute Gasteiger partial charge is 0.328 e. The maximum Gasteiger partial charge on any atom is 0.328 e. The van der Waals surface area contributed by atoms with Gasteiger partial charge in [-0.2, -0.15) is 5.10 Å². The van der Waals surface area contributed by atoms with Crippen LogP contribution in [0.3, 0.4) is 0 Å². The van der Waals surface area contributed by atoms with E-state index in [0.717, 1.165) is 15.8 Å². The van der Waals surface area contributed by atoms with Crippen molar-refractivity contribution in [2.24, 2.45) is 7.05 Å². The van der Waals surface area contributed by atoms with E-state index in [1.165, 1.54) is 19.3 Å². The van der Waals surface area contributed by atoms with Crippen LogP contribution in [-0.4, -0.2) is 37.1 Å². The number of aromatic nitrogens is 4. The number of carbonyl (C=O) groups excluding carboxylic acids is 1. The molecule has 3 aromatic rings. The molecule has 0 radical (unpaired) electrons. The Kier molecular flexibility index (Phi) is 4.42. The Morgan fingerprint density at radius 3 is 2.86 bits per heavy atom. The zero-order valence-corrected chi connectivity index (χ0v) is 15.2. The number of nitrogens with zero attached hydrogens (tertiary/aromatic N) is 3. The van der Waals surface area contributed by atoms with Gasteiger partial charge in [0, 0.05) is 55.1 Å². The molecule has 0 saturated carbocycles. The zero-order chi connectivity index (χ0) is 19.8. The van der Waals surface area contributed by atoms with Crippen LogP contribution in [0.25, 0.3) is 11.3 Å². The van der Waals surface area contributed by atoms with E-state index >= 15 is 0 Å². The van der Waals surface area contributed by atoms with Crippen LogP contribution in [0.15, 0.2) is 40.1 Å². The quantitative estimate of drug-likeness (QED) is 0.696. The number of hydrogen-bond donors (Lipinski definition) is 2. The number of H-pyrrole nitrogens is 2. The first-order valence-corrected chi connectivity index (χ1v) is 8.82. The number of halogens is 1. The molecule has 144 valence electrons. The van der Waals surface area contributed by atoms with Gasteiger partial charge in [0.1, 0.15) is 11.5 Å². The van der Waals surface area contributed by atoms with Crippen LogP contribution in [0, 0.1) is 5.82 Å². The number of nitrogens with one attached hydrogen (secondary N) is 2. The Hall–Kier alpha value is -3.49.